The quantitative estimate of drug-likeness (QED) is 0.695. The number of nitrogens with one attached hydrogen (secondary N) is 1. The van der Waals surface area contributed by atoms with E-state index in [-0.39, 0.29) is 5.25 Å². The Labute approximate surface area is 132 Å². The highest BCUT2D eigenvalue weighted by atomic mass is 32.2. The highest BCUT2D eigenvalue weighted by Gasteiger charge is 2.35. The third-order valence-corrected chi connectivity index (χ3v) is 7.24. The van der Waals surface area contributed by atoms with Gasteiger partial charge in [-0.05, 0) is 76.3 Å². The summed E-state index contributed by atoms with van der Waals surface area (Å²) in [6.45, 7) is 12.5. The van der Waals surface area contributed by atoms with Gasteiger partial charge in [0.25, 0.3) is 0 Å². The van der Waals surface area contributed by atoms with Crippen LogP contribution in [-0.2, 0) is 9.84 Å². The van der Waals surface area contributed by atoms with Gasteiger partial charge in [0.05, 0.1) is 11.0 Å². The molecule has 1 aliphatic rings. The Bertz CT molecular complexity index is 401. The van der Waals surface area contributed by atoms with Gasteiger partial charge in [-0.2, -0.15) is 0 Å². The summed E-state index contributed by atoms with van der Waals surface area (Å²) in [7, 11) is -2.90. The van der Waals surface area contributed by atoms with Crippen molar-refractivity contribution in [2.75, 3.05) is 18.8 Å². The molecule has 0 bridgehead atoms. The van der Waals surface area contributed by atoms with Gasteiger partial charge in [-0.25, -0.2) is 8.42 Å². The molecule has 3 nitrogen and oxygen atoms in total. The fourth-order valence-electron chi connectivity index (χ4n) is 3.41. The van der Waals surface area contributed by atoms with E-state index in [1.54, 1.807) is 13.8 Å². The molecule has 21 heavy (non-hydrogen) atoms. The lowest BCUT2D eigenvalue weighted by atomic mass is 9.66. The maximum absolute atomic E-state index is 12.1. The molecule has 0 heterocycles. The van der Waals surface area contributed by atoms with Crippen molar-refractivity contribution >= 4 is 9.84 Å². The summed E-state index contributed by atoms with van der Waals surface area (Å²) in [5.41, 5.74) is 0.369. The van der Waals surface area contributed by atoms with E-state index in [0.29, 0.717) is 23.0 Å². The lowest BCUT2D eigenvalue weighted by Gasteiger charge is -2.41. The van der Waals surface area contributed by atoms with E-state index in [0.717, 1.165) is 25.9 Å². The number of sulfone groups is 1. The van der Waals surface area contributed by atoms with E-state index >= 15 is 0 Å². The van der Waals surface area contributed by atoms with Crippen molar-refractivity contribution in [1.82, 2.24) is 5.32 Å². The lowest BCUT2D eigenvalue weighted by molar-refractivity contribution is 0.114. The van der Waals surface area contributed by atoms with Gasteiger partial charge in [-0.15, -0.1) is 0 Å². The summed E-state index contributed by atoms with van der Waals surface area (Å²) >= 11 is 0. The maximum atomic E-state index is 12.1. The van der Waals surface area contributed by atoms with E-state index in [1.807, 2.05) is 0 Å². The second-order valence-corrected chi connectivity index (χ2v) is 10.5. The van der Waals surface area contributed by atoms with Crippen LogP contribution in [0.4, 0.5) is 0 Å². The maximum Gasteiger partial charge on any atom is 0.152 e. The molecule has 0 aromatic heterocycles. The summed E-state index contributed by atoms with van der Waals surface area (Å²) in [6, 6.07) is 0. The molecule has 1 fully saturated rings. The standard InChI is InChI=1S/C17H35NO2S/c1-6-10-18-13-16-7-9-17(4,5)12-15(16)8-11-21(19,20)14(2)3/h14-16,18H,6-13H2,1-5H3. The molecule has 0 aromatic rings. The SMILES string of the molecule is CCCNCC1CCC(C)(C)CC1CCS(=O)(=O)C(C)C. The Morgan fingerprint density at radius 3 is 2.48 bits per heavy atom. The smallest absolute Gasteiger partial charge is 0.152 e. The fraction of sp³-hybridized carbons (Fsp3) is 1.00. The Balaban J connectivity index is 2.62. The van der Waals surface area contributed by atoms with Crippen LogP contribution < -0.4 is 5.32 Å². The monoisotopic (exact) mass is 317 g/mol. The van der Waals surface area contributed by atoms with Gasteiger partial charge in [0.1, 0.15) is 0 Å². The minimum Gasteiger partial charge on any atom is -0.316 e. The van der Waals surface area contributed by atoms with E-state index < -0.39 is 9.84 Å². The third-order valence-electron chi connectivity index (χ3n) is 5.00. The zero-order valence-electron chi connectivity index (χ0n) is 14.6. The topological polar surface area (TPSA) is 46.2 Å². The van der Waals surface area contributed by atoms with Gasteiger partial charge < -0.3 is 5.32 Å². The molecule has 0 amide bonds. The molecular formula is C17H35NO2S. The molecule has 0 aliphatic heterocycles. The van der Waals surface area contributed by atoms with Crippen molar-refractivity contribution in [3.05, 3.63) is 0 Å². The summed E-state index contributed by atoms with van der Waals surface area (Å²) in [5, 5.41) is 3.29. The molecule has 0 aromatic carbocycles. The van der Waals surface area contributed by atoms with Crippen molar-refractivity contribution in [2.24, 2.45) is 17.3 Å². The largest absolute Gasteiger partial charge is 0.316 e. The fourth-order valence-corrected chi connectivity index (χ4v) is 4.52. The Hall–Kier alpha value is -0.0900. The predicted molar refractivity (Wildman–Crippen MR) is 91.3 cm³/mol. The number of hydrogen-bond donors (Lipinski definition) is 1. The first-order valence-electron chi connectivity index (χ1n) is 8.60. The molecule has 1 rings (SSSR count). The third kappa shape index (κ3) is 6.27. The van der Waals surface area contributed by atoms with Crippen LogP contribution in [0.15, 0.2) is 0 Å². The van der Waals surface area contributed by atoms with Crippen LogP contribution in [-0.4, -0.2) is 32.5 Å². The van der Waals surface area contributed by atoms with Crippen molar-refractivity contribution < 1.29 is 8.42 Å². The number of rotatable bonds is 8. The van der Waals surface area contributed by atoms with Crippen LogP contribution >= 0.6 is 0 Å². The Morgan fingerprint density at radius 2 is 1.90 bits per heavy atom. The van der Waals surface area contributed by atoms with Crippen LogP contribution in [0.2, 0.25) is 0 Å². The first-order valence-corrected chi connectivity index (χ1v) is 10.3. The second-order valence-electron chi connectivity index (χ2n) is 7.84. The van der Waals surface area contributed by atoms with Crippen molar-refractivity contribution in [3.8, 4) is 0 Å². The van der Waals surface area contributed by atoms with Crippen LogP contribution in [0.1, 0.15) is 66.7 Å². The molecule has 4 heteroatoms. The van der Waals surface area contributed by atoms with Crippen LogP contribution in [0.25, 0.3) is 0 Å². The molecule has 2 atom stereocenters. The van der Waals surface area contributed by atoms with E-state index in [4.69, 9.17) is 0 Å². The van der Waals surface area contributed by atoms with E-state index in [2.05, 4.69) is 26.1 Å². The zero-order chi connectivity index (χ0) is 16.1. The lowest BCUT2D eigenvalue weighted by Crippen LogP contribution is -2.37. The molecule has 0 spiro atoms. The van der Waals surface area contributed by atoms with Gasteiger partial charge in [0, 0.05) is 0 Å². The first kappa shape index (κ1) is 19.0. The molecule has 126 valence electrons. The molecule has 0 radical (unpaired) electrons. The summed E-state index contributed by atoms with van der Waals surface area (Å²) < 4.78 is 24.2. The van der Waals surface area contributed by atoms with Gasteiger partial charge >= 0.3 is 0 Å². The average Bonchev–Trinajstić information content (AvgIpc) is 2.38. The van der Waals surface area contributed by atoms with Crippen LogP contribution in [0.3, 0.4) is 0 Å². The van der Waals surface area contributed by atoms with Crippen molar-refractivity contribution in [3.63, 3.8) is 0 Å². The highest BCUT2D eigenvalue weighted by molar-refractivity contribution is 7.91. The second kappa shape index (κ2) is 7.96. The summed E-state index contributed by atoms with van der Waals surface area (Å²) in [5.74, 6) is 1.55. The Kier molecular flexibility index (Phi) is 7.18. The van der Waals surface area contributed by atoms with E-state index in [1.165, 1.54) is 19.3 Å². The average molecular weight is 318 g/mol. The molecule has 0 saturated heterocycles. The first-order chi connectivity index (χ1) is 9.68. The molecule has 2 unspecified atom stereocenters. The molecule has 1 N–H and O–H groups in total. The summed E-state index contributed by atoms with van der Waals surface area (Å²) in [6.07, 6.45) is 5.65. The van der Waals surface area contributed by atoms with Crippen molar-refractivity contribution in [1.29, 1.82) is 0 Å². The van der Waals surface area contributed by atoms with Gasteiger partial charge in [-0.1, -0.05) is 20.8 Å². The van der Waals surface area contributed by atoms with Gasteiger partial charge in [0.2, 0.25) is 0 Å². The van der Waals surface area contributed by atoms with E-state index in [9.17, 15) is 8.42 Å². The zero-order valence-corrected chi connectivity index (χ0v) is 15.4. The predicted octanol–water partition coefficient (Wildman–Crippen LogP) is 3.64. The number of hydrogen-bond acceptors (Lipinski definition) is 3. The van der Waals surface area contributed by atoms with Crippen LogP contribution in [0, 0.1) is 17.3 Å². The van der Waals surface area contributed by atoms with Crippen LogP contribution in [0.5, 0.6) is 0 Å². The molecule has 1 saturated carbocycles. The minimum atomic E-state index is -2.90. The Morgan fingerprint density at radius 1 is 1.24 bits per heavy atom. The molecule has 1 aliphatic carbocycles. The highest BCUT2D eigenvalue weighted by Crippen LogP contribution is 2.43. The molecular weight excluding hydrogens is 282 g/mol. The normalized spacial score (nSPS) is 26.2. The minimum absolute atomic E-state index is 0.245. The van der Waals surface area contributed by atoms with Gasteiger partial charge in [-0.3, -0.25) is 0 Å². The summed E-state index contributed by atoms with van der Waals surface area (Å²) in [4.78, 5) is 0. The van der Waals surface area contributed by atoms with Crippen molar-refractivity contribution in [2.45, 2.75) is 72.0 Å². The van der Waals surface area contributed by atoms with Gasteiger partial charge in [0.15, 0.2) is 9.84 Å².